The lowest BCUT2D eigenvalue weighted by Gasteiger charge is -2.18. The predicted molar refractivity (Wildman–Crippen MR) is 84.6 cm³/mol. The molecule has 2 aromatic rings. The van der Waals surface area contributed by atoms with Crippen LogP contribution >= 0.6 is 23.2 Å². The topological polar surface area (TPSA) is 25.2 Å². The fraction of sp³-hybridized carbons (Fsp3) is 0.375. The SMILES string of the molecule is CCCNC(Cc1c(Cl)cccc1Cl)c1coc(C)c1. The van der Waals surface area contributed by atoms with E-state index in [0.717, 1.165) is 36.3 Å². The van der Waals surface area contributed by atoms with Crippen molar-refractivity contribution >= 4 is 23.2 Å². The summed E-state index contributed by atoms with van der Waals surface area (Å²) in [5, 5.41) is 4.94. The Balaban J connectivity index is 2.23. The average molecular weight is 312 g/mol. The molecule has 1 aromatic carbocycles. The fourth-order valence-corrected chi connectivity index (χ4v) is 2.76. The first-order valence-corrected chi connectivity index (χ1v) is 7.58. The van der Waals surface area contributed by atoms with Crippen LogP contribution in [0, 0.1) is 6.92 Å². The van der Waals surface area contributed by atoms with Gasteiger partial charge in [-0.2, -0.15) is 0 Å². The summed E-state index contributed by atoms with van der Waals surface area (Å²) in [6, 6.07) is 7.83. The van der Waals surface area contributed by atoms with Crippen molar-refractivity contribution in [1.29, 1.82) is 0 Å². The normalized spacial score (nSPS) is 12.6. The Morgan fingerprint density at radius 3 is 2.50 bits per heavy atom. The van der Waals surface area contributed by atoms with Crippen LogP contribution in [-0.2, 0) is 6.42 Å². The van der Waals surface area contributed by atoms with Crippen LogP contribution in [0.1, 0.15) is 36.3 Å². The van der Waals surface area contributed by atoms with E-state index in [1.807, 2.05) is 25.1 Å². The molecule has 2 rings (SSSR count). The molecule has 1 aromatic heterocycles. The van der Waals surface area contributed by atoms with Crippen LogP contribution in [0.4, 0.5) is 0 Å². The number of hydrogen-bond donors (Lipinski definition) is 1. The maximum Gasteiger partial charge on any atom is 0.101 e. The maximum absolute atomic E-state index is 6.26. The number of halogens is 2. The summed E-state index contributed by atoms with van der Waals surface area (Å²) in [5.41, 5.74) is 2.11. The largest absolute Gasteiger partial charge is 0.469 e. The van der Waals surface area contributed by atoms with Crippen molar-refractivity contribution in [2.75, 3.05) is 6.54 Å². The highest BCUT2D eigenvalue weighted by Gasteiger charge is 2.17. The number of furan rings is 1. The van der Waals surface area contributed by atoms with Gasteiger partial charge in [-0.1, -0.05) is 36.2 Å². The highest BCUT2D eigenvalue weighted by Crippen LogP contribution is 2.30. The molecule has 0 amide bonds. The van der Waals surface area contributed by atoms with E-state index < -0.39 is 0 Å². The quantitative estimate of drug-likeness (QED) is 0.795. The minimum Gasteiger partial charge on any atom is -0.469 e. The van der Waals surface area contributed by atoms with E-state index in [4.69, 9.17) is 27.6 Å². The van der Waals surface area contributed by atoms with Crippen molar-refractivity contribution in [1.82, 2.24) is 5.32 Å². The van der Waals surface area contributed by atoms with E-state index in [0.29, 0.717) is 10.0 Å². The summed E-state index contributed by atoms with van der Waals surface area (Å²) in [4.78, 5) is 0. The van der Waals surface area contributed by atoms with Crippen LogP contribution in [0.5, 0.6) is 0 Å². The molecule has 4 heteroatoms. The minimum atomic E-state index is 0.157. The number of aryl methyl sites for hydroxylation is 1. The second-order valence-corrected chi connectivity index (χ2v) is 5.72. The van der Waals surface area contributed by atoms with Gasteiger partial charge in [-0.05, 0) is 50.1 Å². The standard InChI is InChI=1S/C16H19Cl2NO/c1-3-7-19-16(12-8-11(2)20-10-12)9-13-14(17)5-4-6-15(13)18/h4-6,8,10,16,19H,3,7,9H2,1-2H3. The van der Waals surface area contributed by atoms with Gasteiger partial charge in [0.05, 0.1) is 6.26 Å². The monoisotopic (exact) mass is 311 g/mol. The Labute approximate surface area is 130 Å². The molecule has 108 valence electrons. The lowest BCUT2D eigenvalue weighted by Crippen LogP contribution is -2.24. The van der Waals surface area contributed by atoms with Gasteiger partial charge in [0, 0.05) is 21.7 Å². The highest BCUT2D eigenvalue weighted by molar-refractivity contribution is 6.36. The zero-order valence-corrected chi connectivity index (χ0v) is 13.3. The van der Waals surface area contributed by atoms with E-state index in [9.17, 15) is 0 Å². The minimum absolute atomic E-state index is 0.157. The summed E-state index contributed by atoms with van der Waals surface area (Å²) in [6.45, 7) is 5.03. The zero-order chi connectivity index (χ0) is 14.5. The molecule has 0 radical (unpaired) electrons. The van der Waals surface area contributed by atoms with Gasteiger partial charge in [-0.3, -0.25) is 0 Å². The molecule has 0 spiro atoms. The molecule has 0 saturated carbocycles. The van der Waals surface area contributed by atoms with Gasteiger partial charge in [-0.25, -0.2) is 0 Å². The van der Waals surface area contributed by atoms with Gasteiger partial charge in [0.1, 0.15) is 5.76 Å². The summed E-state index contributed by atoms with van der Waals surface area (Å²) in [6.07, 6.45) is 3.62. The van der Waals surface area contributed by atoms with Crippen molar-refractivity contribution in [3.05, 3.63) is 57.5 Å². The molecule has 0 fully saturated rings. The van der Waals surface area contributed by atoms with Gasteiger partial charge in [-0.15, -0.1) is 0 Å². The molecule has 1 N–H and O–H groups in total. The number of benzene rings is 1. The third kappa shape index (κ3) is 3.78. The molecule has 1 unspecified atom stereocenters. The lowest BCUT2D eigenvalue weighted by molar-refractivity contribution is 0.503. The Morgan fingerprint density at radius 1 is 1.25 bits per heavy atom. The van der Waals surface area contributed by atoms with Crippen LogP contribution in [0.15, 0.2) is 34.9 Å². The summed E-state index contributed by atoms with van der Waals surface area (Å²) in [7, 11) is 0. The van der Waals surface area contributed by atoms with Crippen LogP contribution in [0.2, 0.25) is 10.0 Å². The summed E-state index contributed by atoms with van der Waals surface area (Å²) in [5.74, 6) is 0.911. The molecule has 0 saturated heterocycles. The van der Waals surface area contributed by atoms with Gasteiger partial charge >= 0.3 is 0 Å². The lowest BCUT2D eigenvalue weighted by atomic mass is 10.0. The molecule has 20 heavy (non-hydrogen) atoms. The first-order valence-electron chi connectivity index (χ1n) is 6.83. The molecule has 0 aliphatic rings. The van der Waals surface area contributed by atoms with Crippen molar-refractivity contribution in [2.24, 2.45) is 0 Å². The highest BCUT2D eigenvalue weighted by atomic mass is 35.5. The van der Waals surface area contributed by atoms with Crippen LogP contribution in [0.3, 0.4) is 0 Å². The van der Waals surface area contributed by atoms with E-state index in [2.05, 4.69) is 18.3 Å². The molecular weight excluding hydrogens is 293 g/mol. The first-order chi connectivity index (χ1) is 9.61. The van der Waals surface area contributed by atoms with Crippen molar-refractivity contribution in [2.45, 2.75) is 32.7 Å². The smallest absolute Gasteiger partial charge is 0.101 e. The van der Waals surface area contributed by atoms with Crippen molar-refractivity contribution < 1.29 is 4.42 Å². The Morgan fingerprint density at radius 2 is 1.95 bits per heavy atom. The van der Waals surface area contributed by atoms with Gasteiger partial charge < -0.3 is 9.73 Å². The maximum atomic E-state index is 6.26. The van der Waals surface area contributed by atoms with E-state index in [1.165, 1.54) is 0 Å². The molecule has 2 nitrogen and oxygen atoms in total. The Kier molecular flexibility index (Phi) is 5.53. The number of rotatable bonds is 6. The zero-order valence-electron chi connectivity index (χ0n) is 11.7. The van der Waals surface area contributed by atoms with Crippen molar-refractivity contribution in [3.8, 4) is 0 Å². The third-order valence-corrected chi connectivity index (χ3v) is 3.97. The van der Waals surface area contributed by atoms with Crippen LogP contribution in [0.25, 0.3) is 0 Å². The molecular formula is C16H19Cl2NO. The fourth-order valence-electron chi connectivity index (χ4n) is 2.20. The Bertz CT molecular complexity index is 545. The van der Waals surface area contributed by atoms with Gasteiger partial charge in [0.2, 0.25) is 0 Å². The van der Waals surface area contributed by atoms with Crippen LogP contribution in [-0.4, -0.2) is 6.54 Å². The van der Waals surface area contributed by atoms with E-state index in [1.54, 1.807) is 6.26 Å². The second-order valence-electron chi connectivity index (χ2n) is 4.90. The third-order valence-electron chi connectivity index (χ3n) is 3.26. The molecule has 1 heterocycles. The van der Waals surface area contributed by atoms with Crippen molar-refractivity contribution in [3.63, 3.8) is 0 Å². The molecule has 1 atom stereocenters. The molecule has 0 bridgehead atoms. The predicted octanol–water partition coefficient (Wildman–Crippen LogP) is 5.18. The van der Waals surface area contributed by atoms with Gasteiger partial charge in [0.15, 0.2) is 0 Å². The number of nitrogens with one attached hydrogen (secondary N) is 1. The van der Waals surface area contributed by atoms with Crippen LogP contribution < -0.4 is 5.32 Å². The first kappa shape index (κ1) is 15.4. The molecule has 0 aliphatic heterocycles. The van der Waals surface area contributed by atoms with E-state index in [-0.39, 0.29) is 6.04 Å². The second kappa shape index (κ2) is 7.16. The number of hydrogen-bond acceptors (Lipinski definition) is 2. The summed E-state index contributed by atoms with van der Waals surface area (Å²) >= 11 is 12.5. The van der Waals surface area contributed by atoms with E-state index >= 15 is 0 Å². The molecule has 0 aliphatic carbocycles. The summed E-state index contributed by atoms with van der Waals surface area (Å²) < 4.78 is 5.42. The average Bonchev–Trinajstić information content (AvgIpc) is 2.84. The van der Waals surface area contributed by atoms with Gasteiger partial charge in [0.25, 0.3) is 0 Å². The Hall–Kier alpha value is -0.960.